The molecule has 0 saturated carbocycles. The van der Waals surface area contributed by atoms with E-state index in [0.29, 0.717) is 6.54 Å². The third kappa shape index (κ3) is 4.17. The normalized spacial score (nSPS) is 11.7. The van der Waals surface area contributed by atoms with Crippen molar-refractivity contribution in [2.45, 2.75) is 12.3 Å². The molecular formula is C16H14ClNOS. The van der Waals surface area contributed by atoms with Gasteiger partial charge >= 0.3 is 0 Å². The van der Waals surface area contributed by atoms with Crippen LogP contribution in [-0.4, -0.2) is 16.8 Å². The third-order valence-corrected chi connectivity index (χ3v) is 3.52. The zero-order valence-electron chi connectivity index (χ0n) is 10.8. The van der Waals surface area contributed by atoms with Crippen LogP contribution in [0.1, 0.15) is 17.0 Å². The van der Waals surface area contributed by atoms with Gasteiger partial charge < -0.3 is 5.11 Å². The van der Waals surface area contributed by atoms with E-state index in [-0.39, 0.29) is 11.7 Å². The number of halogens is 1. The minimum Gasteiger partial charge on any atom is -0.508 e. The molecule has 0 saturated heterocycles. The Bertz CT molecular complexity index is 603. The van der Waals surface area contributed by atoms with Crippen molar-refractivity contribution in [3.63, 3.8) is 0 Å². The third-order valence-electron chi connectivity index (χ3n) is 3.14. The Morgan fingerprint density at radius 2 is 1.75 bits per heavy atom. The van der Waals surface area contributed by atoms with Crippen LogP contribution in [0.3, 0.4) is 0 Å². The van der Waals surface area contributed by atoms with Crippen molar-refractivity contribution in [1.82, 2.24) is 0 Å². The van der Waals surface area contributed by atoms with Crippen LogP contribution in [0, 0.1) is 0 Å². The quantitative estimate of drug-likeness (QED) is 0.653. The number of hydrogen-bond donors (Lipinski definition) is 1. The second kappa shape index (κ2) is 7.20. The van der Waals surface area contributed by atoms with Gasteiger partial charge in [-0.2, -0.15) is 0 Å². The number of benzene rings is 2. The lowest BCUT2D eigenvalue weighted by Crippen LogP contribution is -2.06. The van der Waals surface area contributed by atoms with E-state index >= 15 is 0 Å². The van der Waals surface area contributed by atoms with Crippen LogP contribution < -0.4 is 0 Å². The molecule has 4 heteroatoms. The zero-order valence-corrected chi connectivity index (χ0v) is 12.4. The first-order chi connectivity index (χ1) is 9.69. The number of aliphatic imine (C=N–C) groups is 1. The second-order valence-electron chi connectivity index (χ2n) is 4.55. The molecule has 0 aliphatic carbocycles. The molecule has 1 N–H and O–H groups in total. The fourth-order valence-electron chi connectivity index (χ4n) is 2.09. The van der Waals surface area contributed by atoms with Crippen LogP contribution in [0.25, 0.3) is 0 Å². The summed E-state index contributed by atoms with van der Waals surface area (Å²) in [7, 11) is 0. The van der Waals surface area contributed by atoms with Gasteiger partial charge in [0.1, 0.15) is 5.75 Å². The number of aromatic hydroxyl groups is 1. The summed E-state index contributed by atoms with van der Waals surface area (Å²) in [6.07, 6.45) is 0.836. The second-order valence-corrected chi connectivity index (χ2v) is 5.17. The van der Waals surface area contributed by atoms with Gasteiger partial charge in [0.2, 0.25) is 0 Å². The number of phenolic OH excluding ortho intramolecular Hbond substituents is 1. The SMILES string of the molecule is Oc1ccc(C(CN=C=S)Cc2ccc(Cl)cc2)cc1. The molecule has 20 heavy (non-hydrogen) atoms. The van der Waals surface area contributed by atoms with E-state index in [9.17, 15) is 5.11 Å². The molecule has 0 spiro atoms. The van der Waals surface area contributed by atoms with Crippen LogP contribution in [0.2, 0.25) is 5.02 Å². The monoisotopic (exact) mass is 303 g/mol. The molecule has 2 nitrogen and oxygen atoms in total. The number of rotatable bonds is 5. The molecule has 0 aliphatic rings. The van der Waals surface area contributed by atoms with Gasteiger partial charge in [-0.3, -0.25) is 0 Å². The lowest BCUT2D eigenvalue weighted by Gasteiger charge is -2.15. The highest BCUT2D eigenvalue weighted by Crippen LogP contribution is 2.24. The van der Waals surface area contributed by atoms with Gasteiger partial charge in [-0.05, 0) is 54.0 Å². The first-order valence-corrected chi connectivity index (χ1v) is 7.04. The highest BCUT2D eigenvalue weighted by molar-refractivity contribution is 7.78. The summed E-state index contributed by atoms with van der Waals surface area (Å²) in [6.45, 7) is 0.580. The average molecular weight is 304 g/mol. The lowest BCUT2D eigenvalue weighted by molar-refractivity contribution is 0.475. The van der Waals surface area contributed by atoms with Crippen molar-refractivity contribution in [2.75, 3.05) is 6.54 Å². The smallest absolute Gasteiger partial charge is 0.115 e. The molecule has 102 valence electrons. The minimum absolute atomic E-state index is 0.201. The van der Waals surface area contributed by atoms with Crippen molar-refractivity contribution in [1.29, 1.82) is 0 Å². The zero-order chi connectivity index (χ0) is 14.4. The summed E-state index contributed by atoms with van der Waals surface area (Å²) in [5.41, 5.74) is 2.30. The molecule has 2 aromatic carbocycles. The van der Waals surface area contributed by atoms with E-state index in [1.54, 1.807) is 12.1 Å². The molecule has 0 fully saturated rings. The summed E-state index contributed by atoms with van der Waals surface area (Å²) in [5.74, 6) is 0.463. The van der Waals surface area contributed by atoms with Crippen molar-refractivity contribution in [3.8, 4) is 5.75 Å². The maximum Gasteiger partial charge on any atom is 0.115 e. The molecule has 0 aromatic heterocycles. The van der Waals surface area contributed by atoms with Crippen molar-refractivity contribution >= 4 is 29.0 Å². The van der Waals surface area contributed by atoms with E-state index in [1.165, 1.54) is 5.56 Å². The predicted molar refractivity (Wildman–Crippen MR) is 85.9 cm³/mol. The van der Waals surface area contributed by atoms with E-state index in [2.05, 4.69) is 22.4 Å². The highest BCUT2D eigenvalue weighted by atomic mass is 35.5. The van der Waals surface area contributed by atoms with Crippen LogP contribution in [0.5, 0.6) is 5.75 Å². The Labute approximate surface area is 128 Å². The van der Waals surface area contributed by atoms with Gasteiger partial charge in [0, 0.05) is 10.9 Å². The maximum absolute atomic E-state index is 9.37. The molecular weight excluding hydrogens is 290 g/mol. The van der Waals surface area contributed by atoms with Crippen LogP contribution in [0.4, 0.5) is 0 Å². The van der Waals surface area contributed by atoms with Crippen molar-refractivity contribution in [3.05, 3.63) is 64.7 Å². The summed E-state index contributed by atoms with van der Waals surface area (Å²) < 4.78 is 0. The summed E-state index contributed by atoms with van der Waals surface area (Å²) in [5, 5.41) is 12.5. The molecule has 0 bridgehead atoms. The van der Waals surface area contributed by atoms with E-state index in [4.69, 9.17) is 11.6 Å². The Morgan fingerprint density at radius 3 is 2.35 bits per heavy atom. The van der Waals surface area contributed by atoms with E-state index in [1.807, 2.05) is 36.4 Å². The summed E-state index contributed by atoms with van der Waals surface area (Å²) in [6, 6.07) is 15.0. The average Bonchev–Trinajstić information content (AvgIpc) is 2.46. The molecule has 0 radical (unpaired) electrons. The fraction of sp³-hybridized carbons (Fsp3) is 0.188. The molecule has 1 unspecified atom stereocenters. The topological polar surface area (TPSA) is 32.6 Å². The number of isothiocyanates is 1. The van der Waals surface area contributed by atoms with Gasteiger partial charge in [0.15, 0.2) is 0 Å². The standard InChI is InChI=1S/C16H14ClNOS/c17-15-5-1-12(2-6-15)9-14(10-18-11-20)13-3-7-16(19)8-4-13/h1-8,14,19H,9-10H2. The number of hydrogen-bond acceptors (Lipinski definition) is 3. The molecule has 2 rings (SSSR count). The highest BCUT2D eigenvalue weighted by Gasteiger charge is 2.12. The van der Waals surface area contributed by atoms with Crippen LogP contribution in [-0.2, 0) is 6.42 Å². The molecule has 0 aliphatic heterocycles. The van der Waals surface area contributed by atoms with Gasteiger partial charge in [0.05, 0.1) is 11.7 Å². The summed E-state index contributed by atoms with van der Waals surface area (Å²) >= 11 is 10.5. The van der Waals surface area contributed by atoms with E-state index in [0.717, 1.165) is 17.0 Å². The number of phenols is 1. The van der Waals surface area contributed by atoms with E-state index < -0.39 is 0 Å². The fourth-order valence-corrected chi connectivity index (χ4v) is 2.29. The Morgan fingerprint density at radius 1 is 1.10 bits per heavy atom. The predicted octanol–water partition coefficient (Wildman–Crippen LogP) is 4.47. The van der Waals surface area contributed by atoms with Gasteiger partial charge in [-0.1, -0.05) is 35.9 Å². The maximum atomic E-state index is 9.37. The number of nitrogens with zero attached hydrogens (tertiary/aromatic N) is 1. The lowest BCUT2D eigenvalue weighted by atomic mass is 9.92. The first-order valence-electron chi connectivity index (χ1n) is 6.26. The number of thiocarbonyl (C=S) groups is 1. The molecule has 0 amide bonds. The first kappa shape index (κ1) is 14.7. The Hall–Kier alpha value is -1.67. The van der Waals surface area contributed by atoms with Gasteiger partial charge in [0.25, 0.3) is 0 Å². The van der Waals surface area contributed by atoms with Crippen molar-refractivity contribution < 1.29 is 5.11 Å². The molecule has 1 atom stereocenters. The Balaban J connectivity index is 2.20. The molecule has 0 heterocycles. The van der Waals surface area contributed by atoms with Crippen molar-refractivity contribution in [2.24, 2.45) is 4.99 Å². The van der Waals surface area contributed by atoms with Crippen LogP contribution >= 0.6 is 23.8 Å². The van der Waals surface area contributed by atoms with Gasteiger partial charge in [-0.15, -0.1) is 0 Å². The van der Waals surface area contributed by atoms with Crippen LogP contribution in [0.15, 0.2) is 53.5 Å². The summed E-state index contributed by atoms with van der Waals surface area (Å²) in [4.78, 5) is 4.06. The van der Waals surface area contributed by atoms with Gasteiger partial charge in [-0.25, -0.2) is 4.99 Å². The minimum atomic E-state index is 0.201. The Kier molecular flexibility index (Phi) is 5.31. The largest absolute Gasteiger partial charge is 0.508 e. The molecule has 2 aromatic rings.